The molecule has 3 rings (SSSR count). The minimum absolute atomic E-state index is 0.119. The standard InChI is InChI=1S/C18H12Cl3N3O2S2/c1-26-14-8-15-13(7-12(14)21)22-18(28-15)24-17(27)23-16(25)5-3-9-2-4-10(19)6-11(9)20/h2-8H,1H3,(H2,22,23,24,25,27)/b5-3+. The summed E-state index contributed by atoms with van der Waals surface area (Å²) in [5, 5.41) is 7.50. The van der Waals surface area contributed by atoms with Crippen LogP contribution in [0.5, 0.6) is 5.75 Å². The molecular weight excluding hydrogens is 461 g/mol. The summed E-state index contributed by atoms with van der Waals surface area (Å²) in [6.07, 6.45) is 2.90. The molecule has 28 heavy (non-hydrogen) atoms. The van der Waals surface area contributed by atoms with Crippen LogP contribution in [-0.2, 0) is 4.79 Å². The van der Waals surface area contributed by atoms with Crippen LogP contribution in [0.25, 0.3) is 16.3 Å². The quantitative estimate of drug-likeness (QED) is 0.371. The predicted octanol–water partition coefficient (Wildman–Crippen LogP) is 5.79. The van der Waals surface area contributed by atoms with Crippen molar-refractivity contribution in [3.63, 3.8) is 0 Å². The number of fused-ring (bicyclic) bond motifs is 1. The molecule has 3 aromatic rings. The van der Waals surface area contributed by atoms with Gasteiger partial charge in [0.1, 0.15) is 5.75 Å². The molecule has 1 aromatic heterocycles. The number of anilines is 1. The first kappa shape index (κ1) is 20.8. The summed E-state index contributed by atoms with van der Waals surface area (Å²) in [6, 6.07) is 8.50. The third-order valence-corrected chi connectivity index (χ3v) is 5.49. The van der Waals surface area contributed by atoms with Crippen LogP contribution in [0.3, 0.4) is 0 Å². The SMILES string of the molecule is COc1cc2sc(NC(=S)NC(=O)/C=C/c3ccc(Cl)cc3Cl)nc2cc1Cl. The van der Waals surface area contributed by atoms with Crippen LogP contribution in [0.2, 0.25) is 15.1 Å². The van der Waals surface area contributed by atoms with E-state index in [0.717, 1.165) is 4.70 Å². The van der Waals surface area contributed by atoms with E-state index < -0.39 is 5.91 Å². The van der Waals surface area contributed by atoms with E-state index in [-0.39, 0.29) is 5.11 Å². The molecule has 0 aliphatic carbocycles. The summed E-state index contributed by atoms with van der Waals surface area (Å²) in [6.45, 7) is 0. The Kier molecular flexibility index (Phi) is 6.74. The van der Waals surface area contributed by atoms with Gasteiger partial charge < -0.3 is 10.1 Å². The molecule has 0 saturated carbocycles. The molecule has 0 atom stereocenters. The number of rotatable bonds is 4. The van der Waals surface area contributed by atoms with Gasteiger partial charge in [-0.15, -0.1) is 0 Å². The molecule has 0 aliphatic heterocycles. The molecular formula is C18H12Cl3N3O2S2. The van der Waals surface area contributed by atoms with Gasteiger partial charge in [0, 0.05) is 22.2 Å². The van der Waals surface area contributed by atoms with Gasteiger partial charge in [-0.2, -0.15) is 0 Å². The zero-order valence-corrected chi connectivity index (χ0v) is 18.2. The van der Waals surface area contributed by atoms with Crippen molar-refractivity contribution in [3.05, 3.63) is 57.0 Å². The molecule has 1 heterocycles. The predicted molar refractivity (Wildman–Crippen MR) is 121 cm³/mol. The number of carbonyl (C=O) groups excluding carboxylic acids is 1. The topological polar surface area (TPSA) is 63.2 Å². The number of nitrogens with zero attached hydrogens (tertiary/aromatic N) is 1. The third-order valence-electron chi connectivity index (χ3n) is 3.50. The zero-order valence-electron chi connectivity index (χ0n) is 14.3. The Labute approximate surface area is 185 Å². The van der Waals surface area contributed by atoms with Gasteiger partial charge in [0.25, 0.3) is 0 Å². The number of nitrogens with one attached hydrogen (secondary N) is 2. The minimum atomic E-state index is -0.408. The van der Waals surface area contributed by atoms with E-state index in [4.69, 9.17) is 51.8 Å². The number of benzene rings is 2. The number of hydrogen-bond acceptors (Lipinski definition) is 5. The first-order valence-electron chi connectivity index (χ1n) is 7.75. The van der Waals surface area contributed by atoms with E-state index >= 15 is 0 Å². The lowest BCUT2D eigenvalue weighted by molar-refractivity contribution is -0.115. The summed E-state index contributed by atoms with van der Waals surface area (Å²) >= 11 is 24.5. The fraction of sp³-hybridized carbons (Fsp3) is 0.0556. The molecule has 0 spiro atoms. The summed E-state index contributed by atoms with van der Waals surface area (Å²) in [7, 11) is 1.54. The Bertz CT molecular complexity index is 1100. The van der Waals surface area contributed by atoms with Crippen molar-refractivity contribution in [2.24, 2.45) is 0 Å². The van der Waals surface area contributed by atoms with Crippen molar-refractivity contribution in [3.8, 4) is 5.75 Å². The lowest BCUT2D eigenvalue weighted by Crippen LogP contribution is -2.32. The number of aromatic nitrogens is 1. The van der Waals surface area contributed by atoms with Gasteiger partial charge >= 0.3 is 0 Å². The number of carbonyl (C=O) groups is 1. The van der Waals surface area contributed by atoms with Crippen LogP contribution < -0.4 is 15.4 Å². The molecule has 0 radical (unpaired) electrons. The Morgan fingerprint density at radius 3 is 2.71 bits per heavy atom. The highest BCUT2D eigenvalue weighted by Crippen LogP contribution is 2.34. The van der Waals surface area contributed by atoms with Crippen molar-refractivity contribution in [1.29, 1.82) is 0 Å². The first-order valence-corrected chi connectivity index (χ1v) is 10.1. The summed E-state index contributed by atoms with van der Waals surface area (Å²) in [5.74, 6) is 0.153. The maximum atomic E-state index is 12.0. The molecule has 5 nitrogen and oxygen atoms in total. The highest BCUT2D eigenvalue weighted by atomic mass is 35.5. The van der Waals surface area contributed by atoms with Gasteiger partial charge in [-0.05, 0) is 42.1 Å². The van der Waals surface area contributed by atoms with Crippen molar-refractivity contribution >= 4 is 90.8 Å². The fourth-order valence-corrected chi connectivity index (χ4v) is 4.07. The van der Waals surface area contributed by atoms with E-state index in [2.05, 4.69) is 15.6 Å². The smallest absolute Gasteiger partial charge is 0.250 e. The molecule has 0 unspecified atom stereocenters. The largest absolute Gasteiger partial charge is 0.495 e. The number of halogens is 3. The van der Waals surface area contributed by atoms with Crippen LogP contribution in [0.15, 0.2) is 36.4 Å². The van der Waals surface area contributed by atoms with Crippen LogP contribution in [0.4, 0.5) is 5.13 Å². The molecule has 0 fully saturated rings. The van der Waals surface area contributed by atoms with Gasteiger partial charge in [0.05, 0.1) is 22.3 Å². The third kappa shape index (κ3) is 5.12. The lowest BCUT2D eigenvalue weighted by atomic mass is 10.2. The Balaban J connectivity index is 1.64. The minimum Gasteiger partial charge on any atom is -0.495 e. The van der Waals surface area contributed by atoms with Gasteiger partial charge in [0.15, 0.2) is 10.2 Å². The molecule has 1 amide bonds. The highest BCUT2D eigenvalue weighted by Gasteiger charge is 2.10. The average Bonchev–Trinajstić information content (AvgIpc) is 3.00. The van der Waals surface area contributed by atoms with Crippen molar-refractivity contribution < 1.29 is 9.53 Å². The number of ether oxygens (including phenoxy) is 1. The van der Waals surface area contributed by atoms with Crippen molar-refractivity contribution in [1.82, 2.24) is 10.3 Å². The van der Waals surface area contributed by atoms with Gasteiger partial charge in [-0.1, -0.05) is 52.2 Å². The molecule has 10 heteroatoms. The number of methoxy groups -OCH3 is 1. The van der Waals surface area contributed by atoms with Crippen LogP contribution in [0.1, 0.15) is 5.56 Å². The highest BCUT2D eigenvalue weighted by molar-refractivity contribution is 7.80. The second kappa shape index (κ2) is 9.07. The molecule has 144 valence electrons. The van der Waals surface area contributed by atoms with Crippen molar-refractivity contribution in [2.45, 2.75) is 0 Å². The summed E-state index contributed by atoms with van der Waals surface area (Å²) in [5.41, 5.74) is 1.36. The zero-order chi connectivity index (χ0) is 20.3. The van der Waals surface area contributed by atoms with E-state index in [9.17, 15) is 4.79 Å². The summed E-state index contributed by atoms with van der Waals surface area (Å²) < 4.78 is 6.06. The normalized spacial score (nSPS) is 11.0. The number of thiazole rings is 1. The van der Waals surface area contributed by atoms with Gasteiger partial charge in [-0.25, -0.2) is 4.98 Å². The number of hydrogen-bond donors (Lipinski definition) is 2. The Morgan fingerprint density at radius 1 is 1.21 bits per heavy atom. The number of thiocarbonyl (C=S) groups is 1. The van der Waals surface area contributed by atoms with Crippen molar-refractivity contribution in [2.75, 3.05) is 12.4 Å². The van der Waals surface area contributed by atoms with Crippen LogP contribution in [0, 0.1) is 0 Å². The summed E-state index contributed by atoms with van der Waals surface area (Å²) in [4.78, 5) is 16.4. The van der Waals surface area contributed by atoms with E-state index in [1.54, 1.807) is 43.5 Å². The van der Waals surface area contributed by atoms with Gasteiger partial charge in [0.2, 0.25) is 5.91 Å². The molecule has 2 N–H and O–H groups in total. The van der Waals surface area contributed by atoms with E-state index in [1.807, 2.05) is 0 Å². The molecule has 0 aliphatic rings. The Hall–Kier alpha value is -1.90. The first-order chi connectivity index (χ1) is 13.4. The average molecular weight is 473 g/mol. The van der Waals surface area contributed by atoms with Gasteiger partial charge in [-0.3, -0.25) is 10.1 Å². The van der Waals surface area contributed by atoms with E-state index in [0.29, 0.717) is 37.0 Å². The lowest BCUT2D eigenvalue weighted by Gasteiger charge is -2.04. The molecule has 2 aromatic carbocycles. The fourth-order valence-electron chi connectivity index (χ4n) is 2.22. The second-order valence-corrected chi connectivity index (χ2v) is 8.11. The maximum absolute atomic E-state index is 12.0. The van der Waals surface area contributed by atoms with Crippen LogP contribution in [-0.4, -0.2) is 23.1 Å². The monoisotopic (exact) mass is 471 g/mol. The second-order valence-electron chi connectivity index (χ2n) is 5.42. The van der Waals surface area contributed by atoms with E-state index in [1.165, 1.54) is 17.4 Å². The van der Waals surface area contributed by atoms with Crippen LogP contribution >= 0.6 is 58.4 Å². The molecule has 0 bridgehead atoms. The number of amides is 1. The Morgan fingerprint density at radius 2 is 2.00 bits per heavy atom. The maximum Gasteiger partial charge on any atom is 0.250 e. The molecule has 0 saturated heterocycles.